The van der Waals surface area contributed by atoms with Crippen LogP contribution < -0.4 is 9.80 Å². The lowest BCUT2D eigenvalue weighted by molar-refractivity contribution is -1.02. The molecule has 2 aromatic rings. The zero-order valence-corrected chi connectivity index (χ0v) is 17.1. The van der Waals surface area contributed by atoms with Crippen molar-refractivity contribution in [1.82, 2.24) is 4.90 Å². The lowest BCUT2D eigenvalue weighted by Crippen LogP contribution is -3.28. The summed E-state index contributed by atoms with van der Waals surface area (Å²) in [6.45, 7) is 11.7. The molecule has 0 saturated carbocycles. The van der Waals surface area contributed by atoms with E-state index in [-0.39, 0.29) is 18.1 Å². The van der Waals surface area contributed by atoms with Gasteiger partial charge in [-0.1, -0.05) is 42.5 Å². The summed E-state index contributed by atoms with van der Waals surface area (Å²) in [6, 6.07) is 15.3. The third kappa shape index (κ3) is 4.54. The van der Waals surface area contributed by atoms with Crippen molar-refractivity contribution in [3.05, 3.63) is 48.0 Å². The Morgan fingerprint density at radius 3 is 2.36 bits per heavy atom. The van der Waals surface area contributed by atoms with Gasteiger partial charge in [0.1, 0.15) is 32.7 Å². The van der Waals surface area contributed by atoms with Gasteiger partial charge in [-0.05, 0) is 24.6 Å². The molecule has 1 amide bonds. The third-order valence-corrected chi connectivity index (χ3v) is 6.16. The van der Waals surface area contributed by atoms with E-state index in [4.69, 9.17) is 4.74 Å². The molecule has 2 atom stereocenters. The second-order valence-electron chi connectivity index (χ2n) is 8.55. The van der Waals surface area contributed by atoms with Crippen LogP contribution in [0.15, 0.2) is 42.5 Å². The Bertz CT molecular complexity index is 801. The van der Waals surface area contributed by atoms with Crippen molar-refractivity contribution in [3.8, 4) is 0 Å². The molecule has 2 heterocycles. The molecule has 5 heteroatoms. The number of rotatable bonds is 4. The normalized spacial score (nSPS) is 28.4. The van der Waals surface area contributed by atoms with Crippen molar-refractivity contribution in [1.29, 1.82) is 0 Å². The molecular weight excluding hydrogens is 350 g/mol. The number of amides is 1. The number of nitrogens with one attached hydrogen (secondary N) is 2. The number of carbonyl (C=O) groups excluding carboxylic acids is 1. The second kappa shape index (κ2) is 8.60. The highest BCUT2D eigenvalue weighted by Gasteiger charge is 2.30. The number of hydrogen-bond acceptors (Lipinski definition) is 2. The molecule has 2 N–H and O–H groups in total. The summed E-state index contributed by atoms with van der Waals surface area (Å²) in [4.78, 5) is 17.8. The number of carbonyl (C=O) groups is 1. The number of piperazine rings is 1. The molecule has 2 aromatic carbocycles. The maximum absolute atomic E-state index is 12.7. The van der Waals surface area contributed by atoms with Crippen LogP contribution in [-0.4, -0.2) is 68.8 Å². The summed E-state index contributed by atoms with van der Waals surface area (Å²) in [5.41, 5.74) is 1.43. The average Bonchev–Trinajstić information content (AvgIpc) is 2.69. The van der Waals surface area contributed by atoms with Gasteiger partial charge in [-0.2, -0.15) is 0 Å². The molecule has 150 valence electrons. The molecular formula is C23H33N3O2+2. The maximum Gasteiger partial charge on any atom is 0.277 e. The minimum atomic E-state index is 0.143. The number of benzene rings is 2. The first-order chi connectivity index (χ1) is 13.6. The van der Waals surface area contributed by atoms with Crippen molar-refractivity contribution in [3.63, 3.8) is 0 Å². The molecule has 0 aromatic heterocycles. The van der Waals surface area contributed by atoms with E-state index >= 15 is 0 Å². The molecule has 0 radical (unpaired) electrons. The monoisotopic (exact) mass is 383 g/mol. The zero-order chi connectivity index (χ0) is 19.5. The van der Waals surface area contributed by atoms with Crippen molar-refractivity contribution in [2.45, 2.75) is 32.6 Å². The van der Waals surface area contributed by atoms with Crippen molar-refractivity contribution in [2.24, 2.45) is 0 Å². The highest BCUT2D eigenvalue weighted by Crippen LogP contribution is 2.17. The molecule has 4 rings (SSSR count). The summed E-state index contributed by atoms with van der Waals surface area (Å²) in [6.07, 6.45) is 0.286. The molecule has 0 unspecified atom stereocenters. The molecule has 5 nitrogen and oxygen atoms in total. The molecule has 0 spiro atoms. The predicted octanol–water partition coefficient (Wildman–Crippen LogP) is -0.241. The first-order valence-corrected chi connectivity index (χ1v) is 10.7. The summed E-state index contributed by atoms with van der Waals surface area (Å²) >= 11 is 0. The fraction of sp³-hybridized carbons (Fsp3) is 0.522. The van der Waals surface area contributed by atoms with Crippen LogP contribution in [0.5, 0.6) is 0 Å². The van der Waals surface area contributed by atoms with Gasteiger partial charge in [-0.25, -0.2) is 0 Å². The van der Waals surface area contributed by atoms with Crippen LogP contribution in [0, 0.1) is 0 Å². The lowest BCUT2D eigenvalue weighted by Gasteiger charge is -2.36. The lowest BCUT2D eigenvalue weighted by atomic mass is 10.0. The number of hydrogen-bond donors (Lipinski definition) is 2. The predicted molar refractivity (Wildman–Crippen MR) is 111 cm³/mol. The summed E-state index contributed by atoms with van der Waals surface area (Å²) in [5, 5.41) is 2.70. The van der Waals surface area contributed by atoms with E-state index in [9.17, 15) is 4.79 Å². The number of morpholine rings is 1. The Hall–Kier alpha value is -1.95. The molecule has 2 saturated heterocycles. The van der Waals surface area contributed by atoms with Gasteiger partial charge in [0.05, 0.1) is 12.2 Å². The fourth-order valence-electron chi connectivity index (χ4n) is 4.73. The third-order valence-electron chi connectivity index (χ3n) is 6.16. The van der Waals surface area contributed by atoms with Crippen molar-refractivity contribution >= 4 is 16.7 Å². The number of nitrogens with zero attached hydrogens (tertiary/aromatic N) is 1. The van der Waals surface area contributed by atoms with E-state index < -0.39 is 0 Å². The van der Waals surface area contributed by atoms with Crippen LogP contribution in [0.4, 0.5) is 0 Å². The maximum atomic E-state index is 12.7. The largest absolute Gasteiger partial charge is 0.372 e. The minimum Gasteiger partial charge on any atom is -0.372 e. The molecule has 0 aliphatic carbocycles. The van der Waals surface area contributed by atoms with Gasteiger partial charge in [-0.3, -0.25) is 4.79 Å². The molecule has 0 bridgehead atoms. The molecule has 2 fully saturated rings. The van der Waals surface area contributed by atoms with Crippen LogP contribution in [0.2, 0.25) is 0 Å². The van der Waals surface area contributed by atoms with Crippen LogP contribution in [-0.2, 0) is 16.1 Å². The number of ether oxygens (including phenoxy) is 1. The first-order valence-electron chi connectivity index (χ1n) is 10.7. The quantitative estimate of drug-likeness (QED) is 0.765. The van der Waals surface area contributed by atoms with Gasteiger partial charge in [0.2, 0.25) is 0 Å². The van der Waals surface area contributed by atoms with Gasteiger partial charge in [0.25, 0.3) is 5.91 Å². The highest BCUT2D eigenvalue weighted by molar-refractivity contribution is 5.85. The zero-order valence-electron chi connectivity index (χ0n) is 17.1. The van der Waals surface area contributed by atoms with Gasteiger partial charge >= 0.3 is 0 Å². The average molecular weight is 384 g/mol. The van der Waals surface area contributed by atoms with Crippen molar-refractivity contribution in [2.75, 3.05) is 45.8 Å². The SMILES string of the molecule is C[C@H]1CN(C(=O)C[NH+]2CC[NH+](Cc3cccc4ccccc34)CC2)C[C@H](C)O1. The van der Waals surface area contributed by atoms with Crippen molar-refractivity contribution < 1.29 is 19.3 Å². The molecule has 2 aliphatic rings. The summed E-state index contributed by atoms with van der Waals surface area (Å²) in [7, 11) is 0. The van der Waals surface area contributed by atoms with E-state index in [1.165, 1.54) is 21.2 Å². The fourth-order valence-corrected chi connectivity index (χ4v) is 4.73. The Morgan fingerprint density at radius 1 is 0.964 bits per heavy atom. The highest BCUT2D eigenvalue weighted by atomic mass is 16.5. The van der Waals surface area contributed by atoms with E-state index in [1.807, 2.05) is 4.90 Å². The number of fused-ring (bicyclic) bond motifs is 1. The van der Waals surface area contributed by atoms with Gasteiger partial charge in [-0.15, -0.1) is 0 Å². The van der Waals surface area contributed by atoms with E-state index in [2.05, 4.69) is 56.3 Å². The Kier molecular flexibility index (Phi) is 5.95. The Labute approximate surface area is 167 Å². The topological polar surface area (TPSA) is 38.4 Å². The minimum absolute atomic E-state index is 0.143. The van der Waals surface area contributed by atoms with Gasteiger partial charge < -0.3 is 19.4 Å². The Balaban J connectivity index is 1.29. The smallest absolute Gasteiger partial charge is 0.277 e. The standard InChI is InChI=1S/C23H31N3O2/c1-18-14-26(15-19(2)28-18)23(27)17-25-12-10-24(11-13-25)16-21-8-5-7-20-6-3-4-9-22(20)21/h3-9,18-19H,10-17H2,1-2H3/p+2/t18-,19-/m0/s1. The Morgan fingerprint density at radius 2 is 1.61 bits per heavy atom. The molecule has 2 aliphatic heterocycles. The van der Waals surface area contributed by atoms with Gasteiger partial charge in [0, 0.05) is 18.7 Å². The van der Waals surface area contributed by atoms with Gasteiger partial charge in [0.15, 0.2) is 6.54 Å². The van der Waals surface area contributed by atoms with Crippen LogP contribution >= 0.6 is 0 Å². The van der Waals surface area contributed by atoms with E-state index in [0.29, 0.717) is 6.54 Å². The first kappa shape index (κ1) is 19.4. The van der Waals surface area contributed by atoms with E-state index in [1.54, 1.807) is 4.90 Å². The second-order valence-corrected chi connectivity index (χ2v) is 8.55. The van der Waals surface area contributed by atoms with E-state index in [0.717, 1.165) is 45.8 Å². The van der Waals surface area contributed by atoms with Crippen LogP contribution in [0.3, 0.4) is 0 Å². The van der Waals surface area contributed by atoms with Crippen LogP contribution in [0.1, 0.15) is 19.4 Å². The molecule has 28 heavy (non-hydrogen) atoms. The van der Waals surface area contributed by atoms with Crippen LogP contribution in [0.25, 0.3) is 10.8 Å². The number of quaternary nitrogens is 2. The summed E-state index contributed by atoms with van der Waals surface area (Å²) < 4.78 is 5.75. The summed E-state index contributed by atoms with van der Waals surface area (Å²) in [5.74, 6) is 0.287.